The predicted molar refractivity (Wildman–Crippen MR) is 48.5 cm³/mol. The van der Waals surface area contributed by atoms with E-state index in [0.717, 1.165) is 19.3 Å². The Morgan fingerprint density at radius 1 is 1.23 bits per heavy atom. The fourth-order valence-electron chi connectivity index (χ4n) is 2.57. The summed E-state index contributed by atoms with van der Waals surface area (Å²) in [5.74, 6) is 0. The number of hydrogen-bond acceptors (Lipinski definition) is 1. The number of allylic oxidation sites excluding steroid dienone is 2. The van der Waals surface area contributed by atoms with Gasteiger partial charge in [0.2, 0.25) is 0 Å². The van der Waals surface area contributed by atoms with Crippen molar-refractivity contribution < 1.29 is 37.5 Å². The fraction of sp³-hybridized carbons (Fsp3) is 0.727. The molecule has 2 aliphatic carbocycles. The zero-order valence-corrected chi connectivity index (χ0v) is 11.1. The molecule has 1 nitrogen and oxygen atoms in total. The van der Waals surface area contributed by atoms with Crippen LogP contribution in [0.25, 0.3) is 0 Å². The monoisotopic (exact) mass is 252 g/mol. The standard InChI is InChI=1S/C11H15O.Y/c1-11(8-12)7-6-9-4-2-3-5-10(9)11;/h2-7H2,1H3;/q-1;. The van der Waals surface area contributed by atoms with Gasteiger partial charge in [-0.2, -0.15) is 0 Å². The van der Waals surface area contributed by atoms with Gasteiger partial charge in [0, 0.05) is 32.7 Å². The smallest absolute Gasteiger partial charge is 0 e. The Bertz CT molecular complexity index is 244. The normalized spacial score (nSPS) is 32.4. The molecule has 0 amide bonds. The zero-order chi connectivity index (χ0) is 8.60. The van der Waals surface area contributed by atoms with Gasteiger partial charge in [0.05, 0.1) is 0 Å². The molecule has 0 aromatic carbocycles. The van der Waals surface area contributed by atoms with Crippen molar-refractivity contribution in [2.24, 2.45) is 5.41 Å². The first kappa shape index (κ1) is 11.6. The minimum atomic E-state index is -0.199. The molecule has 0 aliphatic heterocycles. The summed E-state index contributed by atoms with van der Waals surface area (Å²) in [5, 5.41) is 0. The first-order valence-corrected chi connectivity index (χ1v) is 4.87. The van der Waals surface area contributed by atoms with Gasteiger partial charge < -0.3 is 4.79 Å². The molecule has 0 saturated carbocycles. The fourth-order valence-corrected chi connectivity index (χ4v) is 2.57. The largest absolute Gasteiger partial charge is 0.541 e. The van der Waals surface area contributed by atoms with E-state index in [2.05, 4.69) is 6.29 Å². The third kappa shape index (κ3) is 1.97. The molecule has 2 heteroatoms. The van der Waals surface area contributed by atoms with Crippen molar-refractivity contribution in [2.75, 3.05) is 0 Å². The Kier molecular flexibility index (Phi) is 3.88. The van der Waals surface area contributed by atoms with Crippen LogP contribution < -0.4 is 0 Å². The number of rotatable bonds is 1. The van der Waals surface area contributed by atoms with E-state index >= 15 is 0 Å². The first-order valence-electron chi connectivity index (χ1n) is 4.87. The molecule has 1 radical (unpaired) electrons. The molecule has 0 aromatic heterocycles. The zero-order valence-electron chi connectivity index (χ0n) is 8.23. The van der Waals surface area contributed by atoms with Crippen molar-refractivity contribution in [1.29, 1.82) is 0 Å². The van der Waals surface area contributed by atoms with Crippen molar-refractivity contribution in [3.05, 3.63) is 11.1 Å². The van der Waals surface area contributed by atoms with Crippen LogP contribution in [0.1, 0.15) is 45.4 Å². The Balaban J connectivity index is 0.000000845. The summed E-state index contributed by atoms with van der Waals surface area (Å²) in [6, 6.07) is 0. The quantitative estimate of drug-likeness (QED) is 0.518. The first-order chi connectivity index (χ1) is 5.76. The molecule has 1 unspecified atom stereocenters. The minimum Gasteiger partial charge on any atom is -0.541 e. The summed E-state index contributed by atoms with van der Waals surface area (Å²) in [5.41, 5.74) is 2.81. The summed E-state index contributed by atoms with van der Waals surface area (Å²) < 4.78 is 0. The predicted octanol–water partition coefficient (Wildman–Crippen LogP) is 2.76. The van der Waals surface area contributed by atoms with E-state index in [1.165, 1.54) is 24.8 Å². The van der Waals surface area contributed by atoms with Gasteiger partial charge in [0.1, 0.15) is 0 Å². The molecular weight excluding hydrogens is 237 g/mol. The topological polar surface area (TPSA) is 17.1 Å². The second-order valence-electron chi connectivity index (χ2n) is 4.22. The van der Waals surface area contributed by atoms with E-state index in [0.29, 0.717) is 0 Å². The van der Waals surface area contributed by atoms with Crippen molar-refractivity contribution in [2.45, 2.75) is 45.4 Å². The number of carbonyl (C=O) groups excluding carboxylic acids is 1. The van der Waals surface area contributed by atoms with Crippen LogP contribution in [0.4, 0.5) is 0 Å². The molecule has 0 bridgehead atoms. The van der Waals surface area contributed by atoms with Gasteiger partial charge in [-0.1, -0.05) is 24.5 Å². The van der Waals surface area contributed by atoms with Crippen LogP contribution in [0.5, 0.6) is 0 Å². The molecule has 0 N–H and O–H groups in total. The Morgan fingerprint density at radius 2 is 1.92 bits per heavy atom. The third-order valence-electron chi connectivity index (χ3n) is 3.40. The Morgan fingerprint density at radius 3 is 2.62 bits per heavy atom. The van der Waals surface area contributed by atoms with Gasteiger partial charge >= 0.3 is 0 Å². The van der Waals surface area contributed by atoms with Crippen molar-refractivity contribution in [1.82, 2.24) is 0 Å². The molecular formula is C11H15OY-. The van der Waals surface area contributed by atoms with E-state index < -0.39 is 0 Å². The van der Waals surface area contributed by atoms with Crippen LogP contribution in [0.15, 0.2) is 11.1 Å². The summed E-state index contributed by atoms with van der Waals surface area (Å²) in [7, 11) is 0. The average molecular weight is 252 g/mol. The maximum absolute atomic E-state index is 10.8. The van der Waals surface area contributed by atoms with Crippen molar-refractivity contribution in [3.63, 3.8) is 0 Å². The molecule has 13 heavy (non-hydrogen) atoms. The molecule has 0 spiro atoms. The summed E-state index contributed by atoms with van der Waals surface area (Å²) in [4.78, 5) is 10.8. The SMILES string of the molecule is CC1([C-]=O)CCC2=C1CCCC2.[Y]. The molecule has 0 heterocycles. The van der Waals surface area contributed by atoms with E-state index in [4.69, 9.17) is 0 Å². The van der Waals surface area contributed by atoms with Crippen molar-refractivity contribution in [3.8, 4) is 0 Å². The molecule has 1 atom stereocenters. The average Bonchev–Trinajstić information content (AvgIpc) is 2.46. The molecule has 69 valence electrons. The minimum absolute atomic E-state index is 0. The third-order valence-corrected chi connectivity index (χ3v) is 3.40. The van der Waals surface area contributed by atoms with Crippen LogP contribution >= 0.6 is 0 Å². The van der Waals surface area contributed by atoms with Crippen LogP contribution in [0.3, 0.4) is 0 Å². The van der Waals surface area contributed by atoms with Crippen LogP contribution in [-0.4, -0.2) is 6.29 Å². The maximum Gasteiger partial charge on any atom is 0 e. The maximum atomic E-state index is 10.8. The van der Waals surface area contributed by atoms with Gasteiger partial charge in [-0.3, -0.25) is 6.29 Å². The summed E-state index contributed by atoms with van der Waals surface area (Å²) >= 11 is 0. The van der Waals surface area contributed by atoms with Gasteiger partial charge in [-0.05, 0) is 32.1 Å². The van der Waals surface area contributed by atoms with E-state index in [9.17, 15) is 4.79 Å². The molecule has 0 fully saturated rings. The number of hydrogen-bond donors (Lipinski definition) is 0. The Labute approximate surface area is 105 Å². The van der Waals surface area contributed by atoms with Crippen LogP contribution in [0, 0.1) is 5.41 Å². The van der Waals surface area contributed by atoms with E-state index in [1.54, 1.807) is 5.57 Å². The van der Waals surface area contributed by atoms with Crippen molar-refractivity contribution >= 4 is 6.29 Å². The second-order valence-corrected chi connectivity index (χ2v) is 4.22. The Hall–Kier alpha value is 0.514. The van der Waals surface area contributed by atoms with E-state index in [-0.39, 0.29) is 38.1 Å². The molecule has 2 rings (SSSR count). The molecule has 0 aromatic rings. The van der Waals surface area contributed by atoms with Crippen LogP contribution in [0.2, 0.25) is 0 Å². The van der Waals surface area contributed by atoms with Gasteiger partial charge in [-0.25, -0.2) is 0 Å². The van der Waals surface area contributed by atoms with Gasteiger partial charge in [0.15, 0.2) is 0 Å². The molecule has 0 saturated heterocycles. The second kappa shape index (κ2) is 4.36. The summed E-state index contributed by atoms with van der Waals surface area (Å²) in [6.45, 7) is 2.05. The summed E-state index contributed by atoms with van der Waals surface area (Å²) in [6.07, 6.45) is 9.40. The van der Waals surface area contributed by atoms with Gasteiger partial charge in [-0.15, -0.1) is 5.41 Å². The van der Waals surface area contributed by atoms with Crippen LogP contribution in [-0.2, 0) is 37.5 Å². The molecule has 2 aliphatic rings. The van der Waals surface area contributed by atoms with E-state index in [1.807, 2.05) is 6.92 Å². The van der Waals surface area contributed by atoms with Gasteiger partial charge in [0.25, 0.3) is 0 Å².